The van der Waals surface area contributed by atoms with E-state index in [0.717, 1.165) is 10.2 Å². The minimum absolute atomic E-state index is 0.0163. The molecule has 2 rings (SSSR count). The van der Waals surface area contributed by atoms with Crippen LogP contribution < -0.4 is 5.32 Å². The van der Waals surface area contributed by atoms with E-state index in [1.807, 2.05) is 0 Å². The molecule has 1 heterocycles. The molecule has 8 nitrogen and oxygen atoms in total. The standard InChI is InChI=1S/C19H22F3N5O3/c1-11-7-6-8-13(16(26-29-5)18(28)23-3)15(11)10-30-25-12(2)14-9-27(4)24-17(14)19(20,21)22/h6-9H,10H2,1-5H3,(H,23,28)/b25-12+,26-16+. The van der Waals surface area contributed by atoms with Gasteiger partial charge < -0.3 is 15.0 Å². The van der Waals surface area contributed by atoms with Crippen molar-refractivity contribution in [2.45, 2.75) is 26.6 Å². The summed E-state index contributed by atoms with van der Waals surface area (Å²) in [5, 5.41) is 13.5. The number of nitrogens with one attached hydrogen (secondary N) is 1. The average Bonchev–Trinajstić information content (AvgIpc) is 3.09. The highest BCUT2D eigenvalue weighted by Crippen LogP contribution is 2.31. The van der Waals surface area contributed by atoms with E-state index in [-0.39, 0.29) is 23.6 Å². The van der Waals surface area contributed by atoms with Gasteiger partial charge in [0.15, 0.2) is 11.4 Å². The maximum atomic E-state index is 13.2. The van der Waals surface area contributed by atoms with Gasteiger partial charge in [0.25, 0.3) is 5.91 Å². The van der Waals surface area contributed by atoms with E-state index in [2.05, 4.69) is 20.7 Å². The molecule has 0 saturated heterocycles. The number of halogens is 3. The van der Waals surface area contributed by atoms with Gasteiger partial charge >= 0.3 is 6.18 Å². The van der Waals surface area contributed by atoms with E-state index in [1.54, 1.807) is 25.1 Å². The fourth-order valence-electron chi connectivity index (χ4n) is 2.74. The van der Waals surface area contributed by atoms with Gasteiger partial charge in [0.05, 0.1) is 5.71 Å². The number of alkyl halides is 3. The second-order valence-electron chi connectivity index (χ2n) is 6.32. The topological polar surface area (TPSA) is 90.1 Å². The van der Waals surface area contributed by atoms with Crippen molar-refractivity contribution in [2.75, 3.05) is 14.2 Å². The number of benzene rings is 1. The molecule has 0 unspecified atom stereocenters. The van der Waals surface area contributed by atoms with Crippen LogP contribution in [-0.2, 0) is 34.3 Å². The number of aryl methyl sites for hydroxylation is 2. The molecule has 0 fully saturated rings. The molecule has 0 atom stereocenters. The van der Waals surface area contributed by atoms with Gasteiger partial charge in [-0.25, -0.2) is 0 Å². The number of amides is 1. The van der Waals surface area contributed by atoms with Crippen LogP contribution in [0, 0.1) is 6.92 Å². The second kappa shape index (κ2) is 9.42. The number of rotatable bonds is 7. The maximum Gasteiger partial charge on any atom is 0.435 e. The van der Waals surface area contributed by atoms with Crippen molar-refractivity contribution in [1.29, 1.82) is 0 Å². The summed E-state index contributed by atoms with van der Waals surface area (Å²) in [6.45, 7) is 3.10. The summed E-state index contributed by atoms with van der Waals surface area (Å²) < 4.78 is 40.5. The quantitative estimate of drug-likeness (QED) is 0.546. The first-order valence-corrected chi connectivity index (χ1v) is 8.80. The minimum Gasteiger partial charge on any atom is -0.398 e. The van der Waals surface area contributed by atoms with Crippen molar-refractivity contribution < 1.29 is 27.6 Å². The highest BCUT2D eigenvalue weighted by atomic mass is 19.4. The van der Waals surface area contributed by atoms with Gasteiger partial charge in [0.1, 0.15) is 13.7 Å². The Labute approximate surface area is 171 Å². The molecule has 1 aromatic carbocycles. The molecule has 11 heteroatoms. The summed E-state index contributed by atoms with van der Waals surface area (Å²) in [5.74, 6) is -0.464. The Kier molecular flexibility index (Phi) is 7.19. The molecule has 0 radical (unpaired) electrons. The molecule has 30 heavy (non-hydrogen) atoms. The Morgan fingerprint density at radius 1 is 1.27 bits per heavy atom. The number of hydrogen-bond acceptors (Lipinski definition) is 6. The fraction of sp³-hybridized carbons (Fsp3) is 0.368. The summed E-state index contributed by atoms with van der Waals surface area (Å²) in [4.78, 5) is 22.3. The third kappa shape index (κ3) is 5.16. The van der Waals surface area contributed by atoms with E-state index in [4.69, 9.17) is 9.68 Å². The Morgan fingerprint density at radius 2 is 1.97 bits per heavy atom. The van der Waals surface area contributed by atoms with Crippen molar-refractivity contribution in [1.82, 2.24) is 15.1 Å². The summed E-state index contributed by atoms with van der Waals surface area (Å²) in [6, 6.07) is 5.20. The number of hydrogen-bond donors (Lipinski definition) is 1. The van der Waals surface area contributed by atoms with Crippen LogP contribution in [0.3, 0.4) is 0 Å². The van der Waals surface area contributed by atoms with E-state index in [1.165, 1.54) is 34.3 Å². The van der Waals surface area contributed by atoms with Gasteiger partial charge in [0, 0.05) is 37.0 Å². The molecule has 0 aliphatic rings. The Bertz CT molecular complexity index is 980. The summed E-state index contributed by atoms with van der Waals surface area (Å²) in [6.07, 6.45) is -3.39. The van der Waals surface area contributed by atoms with Gasteiger partial charge in [-0.2, -0.15) is 18.3 Å². The molecule has 1 amide bonds. The predicted molar refractivity (Wildman–Crippen MR) is 104 cm³/mol. The van der Waals surface area contributed by atoms with Gasteiger partial charge in [-0.05, 0) is 19.4 Å². The third-order valence-corrected chi connectivity index (χ3v) is 4.19. The highest BCUT2D eigenvalue weighted by Gasteiger charge is 2.37. The second-order valence-corrected chi connectivity index (χ2v) is 6.32. The molecule has 0 aliphatic heterocycles. The van der Waals surface area contributed by atoms with E-state index in [0.29, 0.717) is 11.1 Å². The van der Waals surface area contributed by atoms with E-state index < -0.39 is 17.8 Å². The van der Waals surface area contributed by atoms with Crippen molar-refractivity contribution in [3.63, 3.8) is 0 Å². The fourth-order valence-corrected chi connectivity index (χ4v) is 2.74. The van der Waals surface area contributed by atoms with Gasteiger partial charge in [-0.1, -0.05) is 28.5 Å². The zero-order valence-electron chi connectivity index (χ0n) is 17.2. The lowest BCUT2D eigenvalue weighted by Crippen LogP contribution is -2.29. The van der Waals surface area contributed by atoms with Crippen LogP contribution >= 0.6 is 0 Å². The van der Waals surface area contributed by atoms with Crippen LogP contribution in [0.15, 0.2) is 34.7 Å². The molecule has 1 N–H and O–H groups in total. The highest BCUT2D eigenvalue weighted by molar-refractivity contribution is 6.45. The lowest BCUT2D eigenvalue weighted by atomic mass is 9.98. The molecule has 0 aliphatic carbocycles. The monoisotopic (exact) mass is 425 g/mol. The number of aromatic nitrogens is 2. The van der Waals surface area contributed by atoms with E-state index in [9.17, 15) is 18.0 Å². The van der Waals surface area contributed by atoms with Crippen LogP contribution in [0.4, 0.5) is 13.2 Å². The minimum atomic E-state index is -4.62. The molecule has 162 valence electrons. The maximum absolute atomic E-state index is 13.2. The first kappa shape index (κ1) is 22.9. The van der Waals surface area contributed by atoms with Gasteiger partial charge in [0.2, 0.25) is 0 Å². The number of carbonyl (C=O) groups is 1. The summed E-state index contributed by atoms with van der Waals surface area (Å²) in [7, 11) is 4.16. The first-order chi connectivity index (χ1) is 14.1. The van der Waals surface area contributed by atoms with Crippen molar-refractivity contribution in [3.8, 4) is 0 Å². The van der Waals surface area contributed by atoms with Gasteiger partial charge in [-0.3, -0.25) is 9.48 Å². The zero-order chi connectivity index (χ0) is 22.5. The molecular formula is C19H22F3N5O3. The number of oxime groups is 2. The predicted octanol–water partition coefficient (Wildman–Crippen LogP) is 2.78. The molecule has 0 bridgehead atoms. The molecular weight excluding hydrogens is 403 g/mol. The SMILES string of the molecule is CNC(=O)/C(=N/OC)c1cccc(C)c1CO/N=C(\C)c1cn(C)nc1C(F)(F)F. The smallest absolute Gasteiger partial charge is 0.398 e. The van der Waals surface area contributed by atoms with Crippen molar-refractivity contribution in [2.24, 2.45) is 17.4 Å². The zero-order valence-corrected chi connectivity index (χ0v) is 17.2. The van der Waals surface area contributed by atoms with Crippen LogP contribution in [0.2, 0.25) is 0 Å². The lowest BCUT2D eigenvalue weighted by Gasteiger charge is -2.13. The number of carbonyl (C=O) groups excluding carboxylic acids is 1. The molecule has 1 aromatic heterocycles. The molecule has 0 saturated carbocycles. The number of nitrogens with zero attached hydrogens (tertiary/aromatic N) is 4. The van der Waals surface area contributed by atoms with Crippen molar-refractivity contribution >= 4 is 17.3 Å². The van der Waals surface area contributed by atoms with Crippen LogP contribution in [-0.4, -0.2) is 41.3 Å². The first-order valence-electron chi connectivity index (χ1n) is 8.80. The van der Waals surface area contributed by atoms with E-state index >= 15 is 0 Å². The van der Waals surface area contributed by atoms with Crippen LogP contribution in [0.25, 0.3) is 0 Å². The Hall–Kier alpha value is -3.37. The number of likely N-dealkylation sites (N-methyl/N-ethyl adjacent to an activating group) is 1. The summed E-state index contributed by atoms with van der Waals surface area (Å²) >= 11 is 0. The lowest BCUT2D eigenvalue weighted by molar-refractivity contribution is -0.141. The normalized spacial score (nSPS) is 12.7. The third-order valence-electron chi connectivity index (χ3n) is 4.19. The summed E-state index contributed by atoms with van der Waals surface area (Å²) in [5.41, 5.74) is 0.669. The van der Waals surface area contributed by atoms with Crippen LogP contribution in [0.1, 0.15) is 34.9 Å². The molecule has 2 aromatic rings. The molecule has 0 spiro atoms. The largest absolute Gasteiger partial charge is 0.435 e. The van der Waals surface area contributed by atoms with Crippen molar-refractivity contribution in [3.05, 3.63) is 52.3 Å². The van der Waals surface area contributed by atoms with Gasteiger partial charge in [-0.15, -0.1) is 0 Å². The average molecular weight is 425 g/mol. The van der Waals surface area contributed by atoms with Crippen LogP contribution in [0.5, 0.6) is 0 Å². The Morgan fingerprint density at radius 3 is 2.57 bits per heavy atom. The Balaban J connectivity index is 2.33.